The van der Waals surface area contributed by atoms with Crippen LogP contribution in [-0.4, -0.2) is 5.91 Å². The van der Waals surface area contributed by atoms with Crippen molar-refractivity contribution in [2.24, 2.45) is 0 Å². The van der Waals surface area contributed by atoms with E-state index in [9.17, 15) is 4.79 Å². The van der Waals surface area contributed by atoms with Crippen LogP contribution in [-0.2, 0) is 4.79 Å². The molecule has 0 saturated carbocycles. The Morgan fingerprint density at radius 2 is 1.87 bits per heavy atom. The Morgan fingerprint density at radius 3 is 2.52 bits per heavy atom. The molecular weight excluding hydrogens is 290 g/mol. The number of carbonyl (C=O) groups is 1. The van der Waals surface area contributed by atoms with Crippen LogP contribution in [0.4, 0.5) is 22.7 Å². The fourth-order valence-electron chi connectivity index (χ4n) is 1.86. The van der Waals surface area contributed by atoms with Gasteiger partial charge in [0.05, 0.1) is 11.4 Å². The highest BCUT2D eigenvalue weighted by Gasteiger charge is 2.09. The number of nitrogens with two attached hydrogens (primary N) is 2. The summed E-state index contributed by atoms with van der Waals surface area (Å²) in [7, 11) is 0. The number of carbonyl (C=O) groups excluding carboxylic acids is 1. The van der Waals surface area contributed by atoms with Crippen molar-refractivity contribution in [2.75, 3.05) is 22.1 Å². The minimum absolute atomic E-state index is 0.0669. The lowest BCUT2D eigenvalue weighted by molar-refractivity contribution is -0.112. The van der Waals surface area contributed by atoms with Crippen LogP contribution in [0.3, 0.4) is 0 Å². The Labute approximate surface area is 134 Å². The van der Waals surface area contributed by atoms with Crippen LogP contribution in [0.15, 0.2) is 54.2 Å². The van der Waals surface area contributed by atoms with Gasteiger partial charge in [-0.2, -0.15) is 5.26 Å². The van der Waals surface area contributed by atoms with E-state index in [4.69, 9.17) is 16.7 Å². The molecule has 2 aromatic rings. The maximum atomic E-state index is 12.1. The Kier molecular flexibility index (Phi) is 4.85. The van der Waals surface area contributed by atoms with Crippen LogP contribution in [0.2, 0.25) is 0 Å². The summed E-state index contributed by atoms with van der Waals surface area (Å²) in [4.78, 5) is 12.1. The molecule has 0 unspecified atom stereocenters. The normalized spacial score (nSPS) is 10.7. The summed E-state index contributed by atoms with van der Waals surface area (Å²) < 4.78 is 0. The Bertz CT molecular complexity index is 788. The van der Waals surface area contributed by atoms with Crippen molar-refractivity contribution in [2.45, 2.75) is 6.92 Å². The maximum absolute atomic E-state index is 12.1. The van der Waals surface area contributed by atoms with Gasteiger partial charge >= 0.3 is 0 Å². The molecule has 0 atom stereocenters. The first-order valence-electron chi connectivity index (χ1n) is 6.89. The Balaban J connectivity index is 2.12. The summed E-state index contributed by atoms with van der Waals surface area (Å²) in [5.74, 6) is -0.518. The van der Waals surface area contributed by atoms with E-state index >= 15 is 0 Å². The molecule has 2 aromatic carbocycles. The van der Waals surface area contributed by atoms with Crippen LogP contribution in [0, 0.1) is 18.3 Å². The highest BCUT2D eigenvalue weighted by molar-refractivity contribution is 6.06. The number of nitrogens with one attached hydrogen (secondary N) is 2. The molecule has 0 aromatic heterocycles. The van der Waals surface area contributed by atoms with Crippen molar-refractivity contribution >= 4 is 28.7 Å². The molecule has 0 fully saturated rings. The Morgan fingerprint density at radius 1 is 1.17 bits per heavy atom. The van der Waals surface area contributed by atoms with Crippen LogP contribution in [0.25, 0.3) is 0 Å². The first kappa shape index (κ1) is 15.9. The zero-order valence-corrected chi connectivity index (χ0v) is 12.6. The summed E-state index contributed by atoms with van der Waals surface area (Å²) in [6.07, 6.45) is 1.33. The van der Waals surface area contributed by atoms with Gasteiger partial charge in [0.2, 0.25) is 0 Å². The largest absolute Gasteiger partial charge is 0.399 e. The number of aryl methyl sites for hydroxylation is 1. The van der Waals surface area contributed by atoms with Gasteiger partial charge in [-0.25, -0.2) is 0 Å². The van der Waals surface area contributed by atoms with Gasteiger partial charge in [-0.05, 0) is 48.9 Å². The van der Waals surface area contributed by atoms with E-state index < -0.39 is 5.91 Å². The lowest BCUT2D eigenvalue weighted by Crippen LogP contribution is -2.14. The summed E-state index contributed by atoms with van der Waals surface area (Å²) in [6.45, 7) is 1.92. The van der Waals surface area contributed by atoms with E-state index in [1.807, 2.05) is 25.1 Å². The zero-order valence-electron chi connectivity index (χ0n) is 12.6. The van der Waals surface area contributed by atoms with E-state index in [1.54, 1.807) is 30.3 Å². The second-order valence-corrected chi connectivity index (χ2v) is 4.98. The highest BCUT2D eigenvalue weighted by Crippen LogP contribution is 2.20. The molecule has 0 heterocycles. The first-order valence-corrected chi connectivity index (χ1v) is 6.89. The number of nitriles is 1. The number of hydrogen-bond donors (Lipinski definition) is 4. The summed E-state index contributed by atoms with van der Waals surface area (Å²) in [6, 6.07) is 14.0. The van der Waals surface area contributed by atoms with Crippen molar-refractivity contribution < 1.29 is 4.79 Å². The number of rotatable bonds is 4. The van der Waals surface area contributed by atoms with Gasteiger partial charge in [0.15, 0.2) is 0 Å². The molecule has 0 bridgehead atoms. The standard InChI is InChI=1S/C17H17N5O/c1-11-2-7-15(20)16(8-11)21-10-12(9-18)17(23)22-14-5-3-13(19)4-6-14/h2-8,10,21H,19-20H2,1H3,(H,22,23)/b12-10-. The van der Waals surface area contributed by atoms with Crippen LogP contribution in [0.1, 0.15) is 5.56 Å². The average Bonchev–Trinajstić information content (AvgIpc) is 2.53. The maximum Gasteiger partial charge on any atom is 0.267 e. The fourth-order valence-corrected chi connectivity index (χ4v) is 1.86. The number of amides is 1. The van der Waals surface area contributed by atoms with Gasteiger partial charge in [-0.15, -0.1) is 0 Å². The molecule has 0 aliphatic carbocycles. The van der Waals surface area contributed by atoms with E-state index in [-0.39, 0.29) is 5.57 Å². The van der Waals surface area contributed by atoms with Crippen molar-refractivity contribution in [3.63, 3.8) is 0 Å². The third-order valence-electron chi connectivity index (χ3n) is 3.11. The van der Waals surface area contributed by atoms with Crippen molar-refractivity contribution in [3.8, 4) is 6.07 Å². The molecule has 0 saturated heterocycles. The SMILES string of the molecule is Cc1ccc(N)c(N/C=C(/C#N)C(=O)Nc2ccc(N)cc2)c1. The van der Waals surface area contributed by atoms with Crippen molar-refractivity contribution in [1.29, 1.82) is 5.26 Å². The number of benzene rings is 2. The Hall–Kier alpha value is -3.46. The van der Waals surface area contributed by atoms with Gasteiger partial charge in [-0.3, -0.25) is 4.79 Å². The molecule has 23 heavy (non-hydrogen) atoms. The van der Waals surface area contributed by atoms with Gasteiger partial charge in [0.25, 0.3) is 5.91 Å². The minimum Gasteiger partial charge on any atom is -0.399 e. The quantitative estimate of drug-likeness (QED) is 0.393. The van der Waals surface area contributed by atoms with Crippen LogP contribution in [0.5, 0.6) is 0 Å². The third-order valence-corrected chi connectivity index (χ3v) is 3.11. The summed E-state index contributed by atoms with van der Waals surface area (Å²) in [5.41, 5.74) is 14.7. The second kappa shape index (κ2) is 7.00. The molecule has 6 heteroatoms. The summed E-state index contributed by atoms with van der Waals surface area (Å²) >= 11 is 0. The van der Waals surface area contributed by atoms with Crippen molar-refractivity contribution in [1.82, 2.24) is 0 Å². The molecule has 1 amide bonds. The molecular formula is C17H17N5O. The van der Waals surface area contributed by atoms with Gasteiger partial charge in [0.1, 0.15) is 11.6 Å². The van der Waals surface area contributed by atoms with E-state index in [1.165, 1.54) is 6.20 Å². The monoisotopic (exact) mass is 307 g/mol. The average molecular weight is 307 g/mol. The number of nitrogens with zero attached hydrogens (tertiary/aromatic N) is 1. The molecule has 6 N–H and O–H groups in total. The van der Waals surface area contributed by atoms with Crippen LogP contribution < -0.4 is 22.1 Å². The lowest BCUT2D eigenvalue weighted by Gasteiger charge is -2.08. The van der Waals surface area contributed by atoms with Crippen molar-refractivity contribution in [3.05, 3.63) is 59.8 Å². The molecule has 6 nitrogen and oxygen atoms in total. The number of nitrogen functional groups attached to an aromatic ring is 2. The summed E-state index contributed by atoms with van der Waals surface area (Å²) in [5, 5.41) is 14.7. The predicted molar refractivity (Wildman–Crippen MR) is 92.4 cm³/mol. The number of hydrogen-bond acceptors (Lipinski definition) is 5. The van der Waals surface area contributed by atoms with Gasteiger partial charge < -0.3 is 22.1 Å². The molecule has 0 spiro atoms. The lowest BCUT2D eigenvalue weighted by atomic mass is 10.2. The highest BCUT2D eigenvalue weighted by atomic mass is 16.1. The van der Waals surface area contributed by atoms with Crippen LogP contribution >= 0.6 is 0 Å². The molecule has 2 rings (SSSR count). The molecule has 0 aliphatic rings. The second-order valence-electron chi connectivity index (χ2n) is 4.98. The predicted octanol–water partition coefficient (Wildman–Crippen LogP) is 2.62. The molecule has 116 valence electrons. The smallest absolute Gasteiger partial charge is 0.267 e. The third kappa shape index (κ3) is 4.25. The molecule has 0 radical (unpaired) electrons. The number of anilines is 4. The topological polar surface area (TPSA) is 117 Å². The van der Waals surface area contributed by atoms with Gasteiger partial charge in [-0.1, -0.05) is 6.07 Å². The minimum atomic E-state index is -0.518. The van der Waals surface area contributed by atoms with E-state index in [0.29, 0.717) is 22.7 Å². The van der Waals surface area contributed by atoms with E-state index in [0.717, 1.165) is 5.56 Å². The zero-order chi connectivity index (χ0) is 16.8. The first-order chi connectivity index (χ1) is 11.0. The fraction of sp³-hybridized carbons (Fsp3) is 0.0588. The van der Waals surface area contributed by atoms with Gasteiger partial charge in [0, 0.05) is 17.6 Å². The molecule has 0 aliphatic heterocycles. The van der Waals surface area contributed by atoms with E-state index in [2.05, 4.69) is 10.6 Å².